The number of urea groups is 1. The molecule has 1 aromatic rings. The minimum atomic E-state index is -0.593. The second-order valence-corrected chi connectivity index (χ2v) is 8.53. The van der Waals surface area contributed by atoms with Crippen LogP contribution in [0.5, 0.6) is 0 Å². The quantitative estimate of drug-likeness (QED) is 0.455. The van der Waals surface area contributed by atoms with Gasteiger partial charge >= 0.3 is 6.03 Å². The molecule has 1 aliphatic heterocycles. The summed E-state index contributed by atoms with van der Waals surface area (Å²) in [5.74, 6) is -0.365. The number of carbonyl (C=O) groups is 3. The van der Waals surface area contributed by atoms with E-state index in [1.165, 1.54) is 6.08 Å². The van der Waals surface area contributed by atoms with E-state index in [-0.39, 0.29) is 29.8 Å². The predicted octanol–water partition coefficient (Wildman–Crippen LogP) is 3.27. The number of piperazine rings is 1. The van der Waals surface area contributed by atoms with Gasteiger partial charge in [-0.25, -0.2) is 4.79 Å². The summed E-state index contributed by atoms with van der Waals surface area (Å²) < 4.78 is 0. The van der Waals surface area contributed by atoms with Crippen molar-refractivity contribution in [2.45, 2.75) is 59.0 Å². The third kappa shape index (κ3) is 7.39. The van der Waals surface area contributed by atoms with E-state index in [0.29, 0.717) is 26.2 Å². The van der Waals surface area contributed by atoms with E-state index in [4.69, 9.17) is 0 Å². The highest BCUT2D eigenvalue weighted by molar-refractivity contribution is 5.95. The van der Waals surface area contributed by atoms with Gasteiger partial charge in [0.25, 0.3) is 0 Å². The van der Waals surface area contributed by atoms with Gasteiger partial charge in [0.05, 0.1) is 0 Å². The molecule has 1 heterocycles. The van der Waals surface area contributed by atoms with Crippen LogP contribution in [-0.2, 0) is 9.59 Å². The van der Waals surface area contributed by atoms with Crippen molar-refractivity contribution in [3.8, 4) is 0 Å². The summed E-state index contributed by atoms with van der Waals surface area (Å²) in [4.78, 5) is 41.8. The Labute approximate surface area is 192 Å². The third-order valence-corrected chi connectivity index (χ3v) is 6.01. The number of hydrogen-bond acceptors (Lipinski definition) is 3. The maximum Gasteiger partial charge on any atom is 0.317 e. The molecule has 0 radical (unpaired) electrons. The highest BCUT2D eigenvalue weighted by Gasteiger charge is 2.34. The Morgan fingerprint density at radius 3 is 2.50 bits per heavy atom. The van der Waals surface area contributed by atoms with Crippen LogP contribution in [0.4, 0.5) is 4.79 Å². The van der Waals surface area contributed by atoms with Gasteiger partial charge in [-0.2, -0.15) is 0 Å². The highest BCUT2D eigenvalue weighted by Crippen LogP contribution is 2.16. The van der Waals surface area contributed by atoms with E-state index >= 15 is 0 Å². The van der Waals surface area contributed by atoms with Gasteiger partial charge in [0.15, 0.2) is 0 Å². The van der Waals surface area contributed by atoms with Crippen molar-refractivity contribution in [2.24, 2.45) is 5.92 Å². The largest absolute Gasteiger partial charge is 0.340 e. The highest BCUT2D eigenvalue weighted by atomic mass is 16.2. The fraction of sp³-hybridized carbons (Fsp3) is 0.560. The Balaban J connectivity index is 1.98. The van der Waals surface area contributed by atoms with Crippen molar-refractivity contribution in [2.75, 3.05) is 26.2 Å². The third-order valence-electron chi connectivity index (χ3n) is 6.01. The zero-order chi connectivity index (χ0) is 23.5. The van der Waals surface area contributed by atoms with E-state index < -0.39 is 6.04 Å². The van der Waals surface area contributed by atoms with Crippen LogP contribution in [0.25, 0.3) is 6.08 Å². The summed E-state index contributed by atoms with van der Waals surface area (Å²) in [6.07, 6.45) is 5.97. The smallest absolute Gasteiger partial charge is 0.317 e. The van der Waals surface area contributed by atoms with E-state index in [1.54, 1.807) is 15.9 Å². The van der Waals surface area contributed by atoms with Crippen LogP contribution in [0.15, 0.2) is 36.4 Å². The van der Waals surface area contributed by atoms with Crippen LogP contribution in [0.1, 0.15) is 52.5 Å². The standard InChI is InChI=1S/C25H38N4O3/c1-5-7-15-26-25(32)29-17-16-28(18-20(29)4)24(31)23(19(3)6-2)27-22(30)14-13-21-11-9-8-10-12-21/h8-14,19-20,23H,5-7,15-18H2,1-4H3,(H,26,32)(H,27,30)/b14-13+. The molecule has 1 aliphatic rings. The molecule has 0 saturated carbocycles. The van der Waals surface area contributed by atoms with E-state index in [9.17, 15) is 14.4 Å². The fourth-order valence-corrected chi connectivity index (χ4v) is 3.75. The van der Waals surface area contributed by atoms with Crippen LogP contribution in [0.3, 0.4) is 0 Å². The Morgan fingerprint density at radius 1 is 1.16 bits per heavy atom. The first-order chi connectivity index (χ1) is 15.4. The molecule has 0 aliphatic carbocycles. The SMILES string of the molecule is CCCCNC(=O)N1CCN(C(=O)C(NC(=O)/C=C/c2ccccc2)C(C)CC)CC1C. The van der Waals surface area contributed by atoms with Crippen LogP contribution in [-0.4, -0.2) is 65.9 Å². The first-order valence-corrected chi connectivity index (χ1v) is 11.7. The number of nitrogens with zero attached hydrogens (tertiary/aromatic N) is 2. The second-order valence-electron chi connectivity index (χ2n) is 8.53. The maximum atomic E-state index is 13.3. The van der Waals surface area contributed by atoms with Gasteiger partial charge in [0.2, 0.25) is 11.8 Å². The fourth-order valence-electron chi connectivity index (χ4n) is 3.75. The maximum absolute atomic E-state index is 13.3. The molecule has 176 valence electrons. The van der Waals surface area contributed by atoms with Gasteiger partial charge in [-0.3, -0.25) is 9.59 Å². The number of unbranched alkanes of at least 4 members (excludes halogenated alkanes) is 1. The molecule has 7 nitrogen and oxygen atoms in total. The Hall–Kier alpha value is -2.83. The van der Waals surface area contributed by atoms with Gasteiger partial charge in [-0.15, -0.1) is 0 Å². The van der Waals surface area contributed by atoms with Gasteiger partial charge in [-0.1, -0.05) is 63.9 Å². The molecular weight excluding hydrogens is 404 g/mol. The van der Waals surface area contributed by atoms with E-state index in [2.05, 4.69) is 17.6 Å². The molecule has 32 heavy (non-hydrogen) atoms. The molecule has 7 heteroatoms. The van der Waals surface area contributed by atoms with E-state index in [1.807, 2.05) is 51.1 Å². The van der Waals surface area contributed by atoms with Crippen molar-refractivity contribution in [1.82, 2.24) is 20.4 Å². The summed E-state index contributed by atoms with van der Waals surface area (Å²) in [5, 5.41) is 5.86. The summed E-state index contributed by atoms with van der Waals surface area (Å²) in [6.45, 7) is 10.1. The molecular formula is C25H38N4O3. The molecule has 2 N–H and O–H groups in total. The molecule has 4 amide bonds. The lowest BCUT2D eigenvalue weighted by molar-refractivity contribution is -0.139. The lowest BCUT2D eigenvalue weighted by atomic mass is 9.97. The van der Waals surface area contributed by atoms with Crippen molar-refractivity contribution < 1.29 is 14.4 Å². The van der Waals surface area contributed by atoms with Crippen LogP contribution in [0, 0.1) is 5.92 Å². The van der Waals surface area contributed by atoms with Crippen molar-refractivity contribution in [3.63, 3.8) is 0 Å². The monoisotopic (exact) mass is 442 g/mol. The van der Waals surface area contributed by atoms with Gasteiger partial charge < -0.3 is 20.4 Å². The number of rotatable bonds is 9. The van der Waals surface area contributed by atoms with Crippen molar-refractivity contribution >= 4 is 23.9 Å². The average Bonchev–Trinajstić information content (AvgIpc) is 2.81. The number of amides is 4. The van der Waals surface area contributed by atoms with Crippen LogP contribution < -0.4 is 10.6 Å². The summed E-state index contributed by atoms with van der Waals surface area (Å²) in [7, 11) is 0. The first-order valence-electron chi connectivity index (χ1n) is 11.7. The molecule has 1 fully saturated rings. The Bertz CT molecular complexity index is 781. The average molecular weight is 443 g/mol. The van der Waals surface area contributed by atoms with Crippen molar-refractivity contribution in [1.29, 1.82) is 0 Å². The summed E-state index contributed by atoms with van der Waals surface area (Å²) >= 11 is 0. The molecule has 0 spiro atoms. The molecule has 1 aromatic carbocycles. The number of benzene rings is 1. The zero-order valence-electron chi connectivity index (χ0n) is 19.8. The molecule has 0 bridgehead atoms. The van der Waals surface area contributed by atoms with E-state index in [0.717, 1.165) is 24.8 Å². The molecule has 2 rings (SSSR count). The number of carbonyl (C=O) groups excluding carboxylic acids is 3. The minimum absolute atomic E-state index is 0.00209. The Morgan fingerprint density at radius 2 is 1.88 bits per heavy atom. The number of nitrogens with one attached hydrogen (secondary N) is 2. The molecule has 0 aromatic heterocycles. The number of hydrogen-bond donors (Lipinski definition) is 2. The zero-order valence-corrected chi connectivity index (χ0v) is 19.8. The lowest BCUT2D eigenvalue weighted by Crippen LogP contribution is -2.61. The summed E-state index contributed by atoms with van der Waals surface area (Å²) in [6, 6.07) is 8.83. The second kappa shape index (κ2) is 12.9. The van der Waals surface area contributed by atoms with Crippen molar-refractivity contribution in [3.05, 3.63) is 42.0 Å². The van der Waals surface area contributed by atoms with Gasteiger partial charge in [-0.05, 0) is 30.9 Å². The lowest BCUT2D eigenvalue weighted by Gasteiger charge is -2.41. The van der Waals surface area contributed by atoms with Gasteiger partial charge in [0, 0.05) is 38.3 Å². The van der Waals surface area contributed by atoms with Crippen LogP contribution in [0.2, 0.25) is 0 Å². The molecule has 1 saturated heterocycles. The Kier molecular flexibility index (Phi) is 10.2. The molecule has 3 unspecified atom stereocenters. The topological polar surface area (TPSA) is 81.8 Å². The van der Waals surface area contributed by atoms with Crippen LogP contribution >= 0.6 is 0 Å². The first kappa shape index (κ1) is 25.4. The van der Waals surface area contributed by atoms with Gasteiger partial charge in [0.1, 0.15) is 6.04 Å². The predicted molar refractivity (Wildman–Crippen MR) is 128 cm³/mol. The minimum Gasteiger partial charge on any atom is -0.340 e. The summed E-state index contributed by atoms with van der Waals surface area (Å²) in [5.41, 5.74) is 0.927. The normalized spacial score (nSPS) is 18.3. The molecule has 3 atom stereocenters.